The van der Waals surface area contributed by atoms with Crippen molar-refractivity contribution in [3.63, 3.8) is 0 Å². The zero-order chi connectivity index (χ0) is 12.5. The number of carboxylic acid groups (broad SMARTS) is 1. The van der Waals surface area contributed by atoms with Crippen LogP contribution in [0.2, 0.25) is 0 Å². The predicted molar refractivity (Wildman–Crippen MR) is 62.5 cm³/mol. The molecule has 0 saturated carbocycles. The molecule has 0 spiro atoms. The number of aromatic carboxylic acids is 1. The van der Waals surface area contributed by atoms with E-state index in [-0.39, 0.29) is 5.76 Å². The summed E-state index contributed by atoms with van der Waals surface area (Å²) >= 11 is 0. The van der Waals surface area contributed by atoms with E-state index in [9.17, 15) is 4.79 Å². The van der Waals surface area contributed by atoms with Crippen molar-refractivity contribution in [3.8, 4) is 11.3 Å². The minimum atomic E-state index is -1.11. The number of rotatable bonds is 3. The van der Waals surface area contributed by atoms with Crippen molar-refractivity contribution in [2.24, 2.45) is 0 Å². The van der Waals surface area contributed by atoms with Gasteiger partial charge in [-0.1, -0.05) is 29.4 Å². The molecule has 2 heterocycles. The topological polar surface area (TPSA) is 72.6 Å². The number of nitrogens with zero attached hydrogens (tertiary/aromatic N) is 1. The molecule has 0 atom stereocenters. The molecular weight excluding hydrogens is 234 g/mol. The number of hydrogen-bond donors (Lipinski definition) is 1. The van der Waals surface area contributed by atoms with Gasteiger partial charge in [-0.15, -0.1) is 0 Å². The minimum absolute atomic E-state index is 0.151. The fraction of sp³-hybridized carbons (Fsp3) is 0.231. The van der Waals surface area contributed by atoms with Crippen molar-refractivity contribution >= 4 is 5.97 Å². The maximum absolute atomic E-state index is 10.7. The third-order valence-corrected chi connectivity index (χ3v) is 3.04. The first-order valence-corrected chi connectivity index (χ1v) is 5.62. The minimum Gasteiger partial charge on any atom is -0.475 e. The van der Waals surface area contributed by atoms with Gasteiger partial charge in [0.05, 0.1) is 13.2 Å². The van der Waals surface area contributed by atoms with Gasteiger partial charge in [0, 0.05) is 17.5 Å². The Labute approximate surface area is 103 Å². The number of aromatic nitrogens is 1. The molecule has 1 aliphatic heterocycles. The van der Waals surface area contributed by atoms with Crippen LogP contribution in [0.3, 0.4) is 0 Å². The van der Waals surface area contributed by atoms with Crippen molar-refractivity contribution in [3.05, 3.63) is 41.7 Å². The first-order valence-electron chi connectivity index (χ1n) is 5.62. The lowest BCUT2D eigenvalue weighted by atomic mass is 9.96. The Morgan fingerprint density at radius 1 is 1.28 bits per heavy atom. The van der Waals surface area contributed by atoms with Crippen LogP contribution >= 0.6 is 0 Å². The Morgan fingerprint density at radius 2 is 2.00 bits per heavy atom. The van der Waals surface area contributed by atoms with E-state index in [1.54, 1.807) is 0 Å². The summed E-state index contributed by atoms with van der Waals surface area (Å²) in [6.07, 6.45) is 0. The molecule has 1 saturated heterocycles. The molecule has 3 rings (SSSR count). The van der Waals surface area contributed by atoms with E-state index in [4.69, 9.17) is 14.4 Å². The molecule has 1 aliphatic rings. The van der Waals surface area contributed by atoms with E-state index in [1.165, 1.54) is 11.6 Å². The van der Waals surface area contributed by atoms with Gasteiger partial charge in [-0.2, -0.15) is 0 Å². The van der Waals surface area contributed by atoms with E-state index in [0.29, 0.717) is 11.6 Å². The van der Waals surface area contributed by atoms with Crippen molar-refractivity contribution < 1.29 is 19.2 Å². The number of hydrogen-bond acceptors (Lipinski definition) is 4. The molecule has 5 nitrogen and oxygen atoms in total. The van der Waals surface area contributed by atoms with Gasteiger partial charge in [-0.25, -0.2) is 4.79 Å². The predicted octanol–water partition coefficient (Wildman–Crippen LogP) is 2.15. The molecule has 1 aromatic heterocycles. The standard InChI is InChI=1S/C13H11NO4/c15-13(16)12-5-11(14-18-12)9-3-1-8(2-4-9)10-6-17-7-10/h1-5,10H,6-7H2,(H,15,16). The van der Waals surface area contributed by atoms with Crippen LogP contribution in [0.4, 0.5) is 0 Å². The van der Waals surface area contributed by atoms with E-state index in [2.05, 4.69) is 5.16 Å². The molecule has 2 aromatic rings. The molecule has 5 heteroatoms. The van der Waals surface area contributed by atoms with Crippen molar-refractivity contribution in [2.45, 2.75) is 5.92 Å². The Morgan fingerprint density at radius 3 is 2.50 bits per heavy atom. The molecule has 1 aromatic carbocycles. The first-order chi connectivity index (χ1) is 8.74. The molecule has 0 amide bonds. The third kappa shape index (κ3) is 1.89. The van der Waals surface area contributed by atoms with Crippen LogP contribution < -0.4 is 0 Å². The normalized spacial score (nSPS) is 15.3. The van der Waals surface area contributed by atoms with Gasteiger partial charge in [0.2, 0.25) is 5.76 Å². The number of benzene rings is 1. The Balaban J connectivity index is 1.84. The summed E-state index contributed by atoms with van der Waals surface area (Å²) in [5, 5.41) is 12.5. The Hall–Kier alpha value is -2.14. The highest BCUT2D eigenvalue weighted by atomic mass is 16.5. The first kappa shape index (κ1) is 11.0. The van der Waals surface area contributed by atoms with Crippen molar-refractivity contribution in [1.29, 1.82) is 0 Å². The second-order valence-electron chi connectivity index (χ2n) is 4.24. The molecule has 92 valence electrons. The summed E-state index contributed by atoms with van der Waals surface area (Å²) in [6, 6.07) is 9.27. The van der Waals surface area contributed by atoms with Gasteiger partial charge >= 0.3 is 5.97 Å². The van der Waals surface area contributed by atoms with Crippen molar-refractivity contribution in [2.75, 3.05) is 13.2 Å². The van der Waals surface area contributed by atoms with Gasteiger partial charge in [0.15, 0.2) is 0 Å². The zero-order valence-corrected chi connectivity index (χ0v) is 9.50. The quantitative estimate of drug-likeness (QED) is 0.896. The molecule has 18 heavy (non-hydrogen) atoms. The molecule has 1 fully saturated rings. The molecule has 0 aliphatic carbocycles. The summed E-state index contributed by atoms with van der Waals surface area (Å²) in [4.78, 5) is 10.7. The molecule has 0 unspecified atom stereocenters. The second kappa shape index (κ2) is 4.27. The lowest BCUT2D eigenvalue weighted by Crippen LogP contribution is -2.24. The van der Waals surface area contributed by atoms with Crippen LogP contribution in [0.15, 0.2) is 34.9 Å². The summed E-state index contributed by atoms with van der Waals surface area (Å²) < 4.78 is 9.86. The molecule has 1 N–H and O–H groups in total. The Kier molecular flexibility index (Phi) is 2.60. The van der Waals surface area contributed by atoms with Crippen LogP contribution in [-0.2, 0) is 4.74 Å². The summed E-state index contributed by atoms with van der Waals surface area (Å²) in [5.41, 5.74) is 2.60. The lowest BCUT2D eigenvalue weighted by molar-refractivity contribution is 0.00842. The van der Waals surface area contributed by atoms with E-state index >= 15 is 0 Å². The third-order valence-electron chi connectivity index (χ3n) is 3.04. The highest BCUT2D eigenvalue weighted by Gasteiger charge is 2.20. The van der Waals surface area contributed by atoms with Crippen LogP contribution in [-0.4, -0.2) is 29.4 Å². The number of carboxylic acids is 1. The van der Waals surface area contributed by atoms with Crippen LogP contribution in [0.25, 0.3) is 11.3 Å². The Bertz CT molecular complexity index is 569. The fourth-order valence-corrected chi connectivity index (χ4v) is 1.87. The molecule has 0 radical (unpaired) electrons. The van der Waals surface area contributed by atoms with Crippen molar-refractivity contribution in [1.82, 2.24) is 5.16 Å². The van der Waals surface area contributed by atoms with Gasteiger partial charge in [0.1, 0.15) is 5.69 Å². The number of carbonyl (C=O) groups is 1. The molecular formula is C13H11NO4. The van der Waals surface area contributed by atoms with Crippen LogP contribution in [0.1, 0.15) is 22.0 Å². The maximum Gasteiger partial charge on any atom is 0.374 e. The van der Waals surface area contributed by atoms with Gasteiger partial charge in [-0.3, -0.25) is 0 Å². The largest absolute Gasteiger partial charge is 0.475 e. The number of ether oxygens (including phenoxy) is 1. The SMILES string of the molecule is O=C(O)c1cc(-c2ccc(C3COC3)cc2)no1. The average molecular weight is 245 g/mol. The van der Waals surface area contributed by atoms with E-state index in [1.807, 2.05) is 24.3 Å². The maximum atomic E-state index is 10.7. The monoisotopic (exact) mass is 245 g/mol. The van der Waals surface area contributed by atoms with Gasteiger partial charge < -0.3 is 14.4 Å². The highest BCUT2D eigenvalue weighted by Crippen LogP contribution is 2.26. The average Bonchev–Trinajstić information content (AvgIpc) is 2.77. The van der Waals surface area contributed by atoms with Crippen LogP contribution in [0, 0.1) is 0 Å². The van der Waals surface area contributed by atoms with E-state index in [0.717, 1.165) is 18.8 Å². The second-order valence-corrected chi connectivity index (χ2v) is 4.24. The van der Waals surface area contributed by atoms with Crippen LogP contribution in [0.5, 0.6) is 0 Å². The van der Waals surface area contributed by atoms with Gasteiger partial charge in [-0.05, 0) is 5.56 Å². The van der Waals surface area contributed by atoms with E-state index < -0.39 is 5.97 Å². The fourth-order valence-electron chi connectivity index (χ4n) is 1.87. The highest BCUT2D eigenvalue weighted by molar-refractivity contribution is 5.85. The summed E-state index contributed by atoms with van der Waals surface area (Å²) in [6.45, 7) is 1.54. The zero-order valence-electron chi connectivity index (χ0n) is 9.50. The molecule has 0 bridgehead atoms. The summed E-state index contributed by atoms with van der Waals surface area (Å²) in [7, 11) is 0. The lowest BCUT2D eigenvalue weighted by Gasteiger charge is -2.26. The van der Waals surface area contributed by atoms with Gasteiger partial charge in [0.25, 0.3) is 0 Å². The smallest absolute Gasteiger partial charge is 0.374 e. The summed E-state index contributed by atoms with van der Waals surface area (Å²) in [5.74, 6) is -0.788.